The summed E-state index contributed by atoms with van der Waals surface area (Å²) in [6.07, 6.45) is 10.3. The van der Waals surface area contributed by atoms with Gasteiger partial charge in [0.05, 0.1) is 5.54 Å². The van der Waals surface area contributed by atoms with Gasteiger partial charge in [-0.05, 0) is 166 Å². The van der Waals surface area contributed by atoms with Crippen molar-refractivity contribution in [3.8, 4) is 11.1 Å². The first-order valence-corrected chi connectivity index (χ1v) is 28.1. The Morgan fingerprint density at radius 1 is 0.478 bits per heavy atom. The molecule has 5 saturated carbocycles. The smallest absolute Gasteiger partial charge is 0.251 e. The molecule has 3 nitrogen and oxygen atoms in total. The number of nitrogens with zero attached hydrogens (tertiary/aromatic N) is 3. The summed E-state index contributed by atoms with van der Waals surface area (Å²) in [6, 6.07) is 73.9. The molecule has 4 atom stereocenters. The fourth-order valence-electron chi connectivity index (χ4n) is 17.3. The molecule has 0 spiro atoms. The average Bonchev–Trinajstić information content (AvgIpc) is 4.19. The molecule has 0 N–H and O–H groups in total. The number of para-hydroxylation sites is 1. The van der Waals surface area contributed by atoms with Gasteiger partial charge in [-0.2, -0.15) is 0 Å². The summed E-state index contributed by atoms with van der Waals surface area (Å²) in [6.45, 7) is 5.35. The summed E-state index contributed by atoms with van der Waals surface area (Å²) < 4.78 is 0. The van der Waals surface area contributed by atoms with Gasteiger partial charge in [-0.25, -0.2) is 0 Å². The van der Waals surface area contributed by atoms with Crippen molar-refractivity contribution in [3.05, 3.63) is 194 Å². The predicted octanol–water partition coefficient (Wildman–Crippen LogP) is 10.7. The van der Waals surface area contributed by atoms with Gasteiger partial charge in [0, 0.05) is 50.8 Å². The van der Waals surface area contributed by atoms with E-state index in [2.05, 4.69) is 217 Å². The van der Waals surface area contributed by atoms with Gasteiger partial charge in [0.2, 0.25) is 0 Å². The lowest BCUT2D eigenvalue weighted by molar-refractivity contribution is 0.195. The van der Waals surface area contributed by atoms with E-state index in [0.29, 0.717) is 5.92 Å². The number of rotatable bonds is 6. The van der Waals surface area contributed by atoms with Gasteiger partial charge >= 0.3 is 0 Å². The molecule has 0 radical (unpaired) electrons. The van der Waals surface area contributed by atoms with E-state index in [0.717, 1.165) is 11.8 Å². The molecule has 0 saturated heterocycles. The van der Waals surface area contributed by atoms with Gasteiger partial charge in [-0.15, -0.1) is 0 Å². The highest BCUT2D eigenvalue weighted by atomic mass is 28.3. The SMILES string of the molecule is CC12CCCCC1(C)N(c1cc3c4c(c1)N(C15CC6CC1CC6C5)c1cccc5c1B4c1c(cccc1[Si]5(c1ccccc1)c1ccccc1)N3c1ccccc1)c1ccc(-c3ccccc3)cc12. The van der Waals surface area contributed by atoms with Crippen molar-refractivity contribution in [2.45, 2.75) is 81.7 Å². The number of hydrogen-bond acceptors (Lipinski definition) is 3. The Balaban J connectivity index is 1.03. The van der Waals surface area contributed by atoms with Crippen LogP contribution in [0.3, 0.4) is 0 Å². The van der Waals surface area contributed by atoms with Gasteiger partial charge < -0.3 is 14.7 Å². The van der Waals surface area contributed by atoms with Crippen LogP contribution in [0.5, 0.6) is 0 Å². The molecular formula is C64H56BN3Si. The Kier molecular flexibility index (Phi) is 7.75. The molecule has 8 aromatic rings. The van der Waals surface area contributed by atoms with Crippen LogP contribution in [0.4, 0.5) is 39.8 Å². The first kappa shape index (κ1) is 39.3. The van der Waals surface area contributed by atoms with Crippen molar-refractivity contribution in [1.82, 2.24) is 0 Å². The molecule has 5 aliphatic carbocycles. The maximum atomic E-state index is 3.07. The third-order valence-electron chi connectivity index (χ3n) is 20.1. The Bertz CT molecular complexity index is 3400. The van der Waals surface area contributed by atoms with E-state index in [1.54, 1.807) is 10.6 Å². The first-order valence-electron chi connectivity index (χ1n) is 26.1. The van der Waals surface area contributed by atoms with E-state index in [1.165, 1.54) is 134 Å². The van der Waals surface area contributed by atoms with Crippen molar-refractivity contribution >= 4 is 91.7 Å². The molecule has 8 aromatic carbocycles. The van der Waals surface area contributed by atoms with Crippen molar-refractivity contribution in [2.75, 3.05) is 14.7 Å². The standard InChI is InChI=1S/C64H56BN3Si/c1-62-33-15-16-34-63(62,2)67(52-32-31-43(37-51(52)62)42-19-7-3-8-20-42)48-38-55-59-56(39-48)68(64-40-44-35-46(64)36-45(44)41-64)54-28-18-30-58-61(54)65(59)60-53(66(55)47-21-9-4-10-22-47)27-17-29-57(60)69(58,49-23-11-5-12-24-49)50-25-13-6-14-26-50/h3-14,17-32,37-39,44-46H,15-16,33-36,40-41H2,1-2H3. The summed E-state index contributed by atoms with van der Waals surface area (Å²) in [5.41, 5.74) is 18.4. The number of benzene rings is 8. The first-order chi connectivity index (χ1) is 33.9. The minimum atomic E-state index is -2.89. The molecule has 5 fully saturated rings. The Hall–Kier alpha value is -6.56. The van der Waals surface area contributed by atoms with Crippen LogP contribution in [0.25, 0.3) is 11.1 Å². The topological polar surface area (TPSA) is 9.72 Å². The molecule has 4 bridgehead atoms. The largest absolute Gasteiger partial charge is 0.336 e. The number of fused-ring (bicyclic) bond motifs is 3. The second-order valence-electron chi connectivity index (χ2n) is 22.7. The van der Waals surface area contributed by atoms with Gasteiger partial charge in [0.15, 0.2) is 8.07 Å². The molecule has 17 rings (SSSR count). The van der Waals surface area contributed by atoms with Crippen molar-refractivity contribution in [3.63, 3.8) is 0 Å². The Morgan fingerprint density at radius 3 is 1.72 bits per heavy atom. The predicted molar refractivity (Wildman–Crippen MR) is 291 cm³/mol. The fraction of sp³-hybridized carbons (Fsp3) is 0.250. The average molecular weight is 906 g/mol. The zero-order valence-electron chi connectivity index (χ0n) is 39.7. The third kappa shape index (κ3) is 4.72. The lowest BCUT2D eigenvalue weighted by Crippen LogP contribution is -2.88. The van der Waals surface area contributed by atoms with E-state index in [-0.39, 0.29) is 23.2 Å². The molecule has 4 heterocycles. The molecule has 4 aliphatic heterocycles. The summed E-state index contributed by atoms with van der Waals surface area (Å²) in [5, 5.41) is 6.05. The van der Waals surface area contributed by atoms with Crippen LogP contribution < -0.4 is 51.8 Å². The van der Waals surface area contributed by atoms with Crippen molar-refractivity contribution in [2.24, 2.45) is 17.8 Å². The minimum absolute atomic E-state index is 0.00341. The molecule has 69 heavy (non-hydrogen) atoms. The van der Waals surface area contributed by atoms with Crippen LogP contribution in [0.15, 0.2) is 188 Å². The van der Waals surface area contributed by atoms with Crippen molar-refractivity contribution < 1.29 is 0 Å². The molecule has 0 aromatic heterocycles. The van der Waals surface area contributed by atoms with Gasteiger partial charge in [-0.3, -0.25) is 0 Å². The van der Waals surface area contributed by atoms with E-state index in [4.69, 9.17) is 0 Å². The summed E-state index contributed by atoms with van der Waals surface area (Å²) in [5.74, 6) is 2.40. The summed E-state index contributed by atoms with van der Waals surface area (Å²) in [4.78, 5) is 8.66. The second kappa shape index (κ2) is 13.6. The molecule has 9 aliphatic rings. The molecule has 4 unspecified atom stereocenters. The van der Waals surface area contributed by atoms with Crippen LogP contribution >= 0.6 is 0 Å². The van der Waals surface area contributed by atoms with Crippen LogP contribution in [-0.2, 0) is 5.41 Å². The number of hydrogen-bond donors (Lipinski definition) is 0. The van der Waals surface area contributed by atoms with Crippen molar-refractivity contribution in [1.29, 1.82) is 0 Å². The molecular weight excluding hydrogens is 850 g/mol. The highest BCUT2D eigenvalue weighted by Gasteiger charge is 2.68. The normalized spacial score (nSPS) is 27.4. The lowest BCUT2D eigenvalue weighted by atomic mass is 9.33. The maximum absolute atomic E-state index is 3.07. The zero-order chi connectivity index (χ0) is 45.4. The van der Waals surface area contributed by atoms with Crippen LogP contribution in [0.2, 0.25) is 0 Å². The van der Waals surface area contributed by atoms with Crippen LogP contribution in [0.1, 0.15) is 70.8 Å². The van der Waals surface area contributed by atoms with Crippen LogP contribution in [-0.4, -0.2) is 25.9 Å². The highest BCUT2D eigenvalue weighted by Crippen LogP contribution is 2.70. The second-order valence-corrected chi connectivity index (χ2v) is 26.5. The molecule has 334 valence electrons. The summed E-state index contributed by atoms with van der Waals surface area (Å²) >= 11 is 0. The Morgan fingerprint density at radius 2 is 1.07 bits per heavy atom. The summed E-state index contributed by atoms with van der Waals surface area (Å²) in [7, 11) is -2.89. The fourth-order valence-corrected chi connectivity index (χ4v) is 22.6. The van der Waals surface area contributed by atoms with Crippen LogP contribution in [0, 0.1) is 17.8 Å². The lowest BCUT2D eigenvalue weighted by Gasteiger charge is -2.55. The minimum Gasteiger partial charge on any atom is -0.336 e. The monoisotopic (exact) mass is 905 g/mol. The van der Waals surface area contributed by atoms with E-state index < -0.39 is 8.07 Å². The highest BCUT2D eigenvalue weighted by molar-refractivity contribution is 7.27. The maximum Gasteiger partial charge on any atom is 0.251 e. The van der Waals surface area contributed by atoms with Gasteiger partial charge in [0.25, 0.3) is 6.71 Å². The molecule has 0 amide bonds. The Labute approximate surface area is 408 Å². The van der Waals surface area contributed by atoms with Gasteiger partial charge in [0.1, 0.15) is 0 Å². The molecule has 5 heteroatoms. The van der Waals surface area contributed by atoms with E-state index in [9.17, 15) is 0 Å². The zero-order valence-corrected chi connectivity index (χ0v) is 40.7. The van der Waals surface area contributed by atoms with E-state index >= 15 is 0 Å². The van der Waals surface area contributed by atoms with Gasteiger partial charge in [-0.1, -0.05) is 159 Å². The quantitative estimate of drug-likeness (QED) is 0.154. The third-order valence-corrected chi connectivity index (χ3v) is 25.0. The van der Waals surface area contributed by atoms with E-state index in [1.807, 2.05) is 0 Å². The number of anilines is 7.